The van der Waals surface area contributed by atoms with E-state index in [1.165, 1.54) is 135 Å². The molecule has 0 rings (SSSR count). The van der Waals surface area contributed by atoms with Gasteiger partial charge in [0.25, 0.3) is 0 Å². The van der Waals surface area contributed by atoms with Crippen LogP contribution in [0, 0.1) is 5.92 Å². The van der Waals surface area contributed by atoms with Gasteiger partial charge in [-0.1, -0.05) is 154 Å². The Bertz CT molecular complexity index is 610. The Morgan fingerprint density at radius 1 is 0.488 bits per heavy atom. The molecule has 1 unspecified atom stereocenters. The maximum absolute atomic E-state index is 12.8. The number of aliphatic hydroxyl groups is 2. The Balaban J connectivity index is 3.98. The van der Waals surface area contributed by atoms with E-state index in [-0.39, 0.29) is 25.1 Å². The van der Waals surface area contributed by atoms with Crippen LogP contribution >= 0.6 is 0 Å². The quantitative estimate of drug-likeness (QED) is 0.0434. The first-order valence-electron chi connectivity index (χ1n) is 18.9. The minimum Gasteiger partial charge on any atom is -0.457 e. The molecule has 1 atom stereocenters. The van der Waals surface area contributed by atoms with E-state index in [1.54, 1.807) is 0 Å². The summed E-state index contributed by atoms with van der Waals surface area (Å²) < 4.78 is 5.41. The van der Waals surface area contributed by atoms with E-state index in [2.05, 4.69) is 38.2 Å². The summed E-state index contributed by atoms with van der Waals surface area (Å²) in [4.78, 5) is 12.8. The third-order valence-electron chi connectivity index (χ3n) is 8.65. The first-order chi connectivity index (χ1) is 21.2. The average molecular weight is 607 g/mol. The topological polar surface area (TPSA) is 66.8 Å². The normalized spacial score (nSPS) is 12.7. The molecule has 0 aliphatic carbocycles. The predicted molar refractivity (Wildman–Crippen MR) is 186 cm³/mol. The SMILES string of the molecule is CCCCCCCC/C=C\CCCCCCCCC(CCCCCC/C=C\CCCCCCCC)C(=O)OC(CO)CO. The van der Waals surface area contributed by atoms with Gasteiger partial charge in [0.05, 0.1) is 19.1 Å². The maximum Gasteiger partial charge on any atom is 0.309 e. The van der Waals surface area contributed by atoms with E-state index in [9.17, 15) is 15.0 Å². The second kappa shape index (κ2) is 35.4. The maximum atomic E-state index is 12.8. The fourth-order valence-corrected chi connectivity index (χ4v) is 5.70. The third kappa shape index (κ3) is 30.7. The van der Waals surface area contributed by atoms with Crippen molar-refractivity contribution in [3.8, 4) is 0 Å². The van der Waals surface area contributed by atoms with Gasteiger partial charge >= 0.3 is 5.97 Å². The summed E-state index contributed by atoms with van der Waals surface area (Å²) in [5.41, 5.74) is 0. The highest BCUT2D eigenvalue weighted by molar-refractivity contribution is 5.72. The van der Waals surface area contributed by atoms with Crippen LogP contribution < -0.4 is 0 Å². The molecule has 0 aromatic rings. The van der Waals surface area contributed by atoms with E-state index in [1.807, 2.05) is 0 Å². The molecule has 0 aliphatic rings. The third-order valence-corrected chi connectivity index (χ3v) is 8.65. The summed E-state index contributed by atoms with van der Waals surface area (Å²) in [6.07, 6.45) is 43.4. The number of carbonyl (C=O) groups excluding carboxylic acids is 1. The lowest BCUT2D eigenvalue weighted by Gasteiger charge is -2.19. The number of esters is 1. The van der Waals surface area contributed by atoms with Gasteiger partial charge in [-0.25, -0.2) is 0 Å². The van der Waals surface area contributed by atoms with E-state index in [4.69, 9.17) is 4.74 Å². The number of carbonyl (C=O) groups is 1. The lowest BCUT2D eigenvalue weighted by atomic mass is 9.94. The lowest BCUT2D eigenvalue weighted by Crippen LogP contribution is -2.29. The van der Waals surface area contributed by atoms with Gasteiger partial charge in [0.15, 0.2) is 0 Å². The molecule has 254 valence electrons. The monoisotopic (exact) mass is 607 g/mol. The average Bonchev–Trinajstić information content (AvgIpc) is 3.02. The molecule has 0 bridgehead atoms. The lowest BCUT2D eigenvalue weighted by molar-refractivity contribution is -0.159. The molecule has 0 heterocycles. The summed E-state index contributed by atoms with van der Waals surface area (Å²) in [7, 11) is 0. The van der Waals surface area contributed by atoms with Crippen LogP contribution in [0.3, 0.4) is 0 Å². The van der Waals surface area contributed by atoms with Gasteiger partial charge in [0.2, 0.25) is 0 Å². The molecule has 0 aromatic heterocycles. The highest BCUT2D eigenvalue weighted by Gasteiger charge is 2.22. The number of hydrogen-bond donors (Lipinski definition) is 2. The van der Waals surface area contributed by atoms with Crippen LogP contribution in [0.25, 0.3) is 0 Å². The van der Waals surface area contributed by atoms with E-state index in [0.717, 1.165) is 44.9 Å². The zero-order chi connectivity index (χ0) is 31.5. The van der Waals surface area contributed by atoms with Crippen LogP contribution in [0.4, 0.5) is 0 Å². The van der Waals surface area contributed by atoms with Gasteiger partial charge < -0.3 is 14.9 Å². The number of rotatable bonds is 34. The van der Waals surface area contributed by atoms with Gasteiger partial charge in [0, 0.05) is 0 Å². The fourth-order valence-electron chi connectivity index (χ4n) is 5.70. The van der Waals surface area contributed by atoms with Crippen molar-refractivity contribution in [3.05, 3.63) is 24.3 Å². The van der Waals surface area contributed by atoms with Gasteiger partial charge in [-0.2, -0.15) is 0 Å². The van der Waals surface area contributed by atoms with Crippen molar-refractivity contribution in [2.24, 2.45) is 5.92 Å². The highest BCUT2D eigenvalue weighted by atomic mass is 16.6. The summed E-state index contributed by atoms with van der Waals surface area (Å²) in [5, 5.41) is 18.7. The number of unbranched alkanes of at least 4 members (excludes halogenated alkanes) is 22. The Morgan fingerprint density at radius 3 is 1.12 bits per heavy atom. The van der Waals surface area contributed by atoms with Crippen LogP contribution in [0.15, 0.2) is 24.3 Å². The van der Waals surface area contributed by atoms with Crippen molar-refractivity contribution in [2.75, 3.05) is 13.2 Å². The molecule has 0 spiro atoms. The summed E-state index contributed by atoms with van der Waals surface area (Å²) in [6, 6.07) is 0. The van der Waals surface area contributed by atoms with E-state index < -0.39 is 6.10 Å². The Hall–Kier alpha value is -1.13. The second-order valence-corrected chi connectivity index (χ2v) is 12.9. The van der Waals surface area contributed by atoms with E-state index >= 15 is 0 Å². The van der Waals surface area contributed by atoms with Crippen LogP contribution in [0.5, 0.6) is 0 Å². The second-order valence-electron chi connectivity index (χ2n) is 12.9. The zero-order valence-corrected chi connectivity index (χ0v) is 28.9. The molecule has 0 radical (unpaired) electrons. The number of allylic oxidation sites excluding steroid dienone is 4. The van der Waals surface area contributed by atoms with Crippen LogP contribution in [0.2, 0.25) is 0 Å². The Morgan fingerprint density at radius 2 is 0.791 bits per heavy atom. The molecule has 0 fully saturated rings. The van der Waals surface area contributed by atoms with Crippen molar-refractivity contribution in [2.45, 2.75) is 200 Å². The smallest absolute Gasteiger partial charge is 0.309 e. The minimum absolute atomic E-state index is 0.116. The first-order valence-corrected chi connectivity index (χ1v) is 18.9. The van der Waals surface area contributed by atoms with Gasteiger partial charge in [-0.05, 0) is 64.2 Å². The van der Waals surface area contributed by atoms with Crippen LogP contribution in [-0.4, -0.2) is 35.5 Å². The molecule has 0 aliphatic heterocycles. The molecule has 4 nitrogen and oxygen atoms in total. The molecular formula is C39H74O4. The van der Waals surface area contributed by atoms with Crippen molar-refractivity contribution in [1.82, 2.24) is 0 Å². The molecule has 0 saturated carbocycles. The summed E-state index contributed by atoms with van der Waals surface area (Å²) >= 11 is 0. The van der Waals surface area contributed by atoms with Crippen molar-refractivity contribution >= 4 is 5.97 Å². The molecule has 43 heavy (non-hydrogen) atoms. The summed E-state index contributed by atoms with van der Waals surface area (Å²) in [5.74, 6) is -0.354. The molecule has 2 N–H and O–H groups in total. The molecule has 0 amide bonds. The van der Waals surface area contributed by atoms with Gasteiger partial charge in [-0.15, -0.1) is 0 Å². The Kier molecular flexibility index (Phi) is 34.4. The van der Waals surface area contributed by atoms with E-state index in [0.29, 0.717) is 0 Å². The van der Waals surface area contributed by atoms with Crippen LogP contribution in [-0.2, 0) is 9.53 Å². The molecule has 0 saturated heterocycles. The zero-order valence-electron chi connectivity index (χ0n) is 28.9. The largest absolute Gasteiger partial charge is 0.457 e. The number of ether oxygens (including phenoxy) is 1. The number of aliphatic hydroxyl groups excluding tert-OH is 2. The van der Waals surface area contributed by atoms with Gasteiger partial charge in [0.1, 0.15) is 6.10 Å². The van der Waals surface area contributed by atoms with Gasteiger partial charge in [-0.3, -0.25) is 4.79 Å². The van der Waals surface area contributed by atoms with Crippen molar-refractivity contribution < 1.29 is 19.7 Å². The van der Waals surface area contributed by atoms with Crippen molar-refractivity contribution in [3.63, 3.8) is 0 Å². The predicted octanol–water partition coefficient (Wildman–Crippen LogP) is 11.6. The first kappa shape index (κ1) is 41.9. The highest BCUT2D eigenvalue weighted by Crippen LogP contribution is 2.21. The van der Waals surface area contributed by atoms with Crippen LogP contribution in [0.1, 0.15) is 194 Å². The fraction of sp³-hybridized carbons (Fsp3) is 0.872. The molecule has 0 aromatic carbocycles. The Labute approximate surface area is 268 Å². The number of hydrogen-bond acceptors (Lipinski definition) is 4. The molecule has 4 heteroatoms. The molecular weight excluding hydrogens is 532 g/mol. The van der Waals surface area contributed by atoms with Crippen molar-refractivity contribution in [1.29, 1.82) is 0 Å². The summed E-state index contributed by atoms with van der Waals surface area (Å²) in [6.45, 7) is 3.89. The standard InChI is InChI=1S/C39H74O4/c1-3-5-7-9-11-13-15-17-19-20-22-24-26-28-30-32-34-37(39(42)43-38(35-40)36-41)33-31-29-27-25-23-21-18-16-14-12-10-8-6-4-2/h17-19,21,37-38,40-41H,3-16,20,22-36H2,1-2H3/b19-17-,21-18-. The minimum atomic E-state index is -0.794.